The molecule has 0 aromatic heterocycles. The van der Waals surface area contributed by atoms with Crippen molar-refractivity contribution in [2.24, 2.45) is 0 Å². The van der Waals surface area contributed by atoms with Gasteiger partial charge in [-0.15, -0.1) is 5.01 Å². The molecule has 0 N–H and O–H groups in total. The Morgan fingerprint density at radius 1 is 0.889 bits per heavy atom. The lowest BCUT2D eigenvalue weighted by molar-refractivity contribution is -0.144. The van der Waals surface area contributed by atoms with E-state index in [9.17, 15) is 14.4 Å². The van der Waals surface area contributed by atoms with Gasteiger partial charge in [-0.05, 0) is 53.2 Å². The summed E-state index contributed by atoms with van der Waals surface area (Å²) in [5.41, 5.74) is -0.914. The zero-order chi connectivity index (χ0) is 20.4. The van der Waals surface area contributed by atoms with Crippen LogP contribution in [0.25, 0.3) is 0 Å². The molecule has 0 fully saturated rings. The number of carbonyl (C=O) groups excluding carboxylic acids is 3. The van der Waals surface area contributed by atoms with Gasteiger partial charge in [-0.1, -0.05) is 30.3 Å². The van der Waals surface area contributed by atoms with Crippen LogP contribution in [0.15, 0.2) is 42.5 Å². The molecule has 2 rings (SSSR count). The lowest BCUT2D eigenvalue weighted by atomic mass is 10.0. The van der Waals surface area contributed by atoms with Crippen molar-refractivity contribution in [1.82, 2.24) is 10.0 Å². The first-order chi connectivity index (χ1) is 12.4. The Morgan fingerprint density at radius 2 is 1.41 bits per heavy atom. The van der Waals surface area contributed by atoms with Crippen molar-refractivity contribution in [1.29, 1.82) is 0 Å². The van der Waals surface area contributed by atoms with Crippen molar-refractivity contribution in [3.8, 4) is 0 Å². The van der Waals surface area contributed by atoms with Gasteiger partial charge in [-0.2, -0.15) is 5.01 Å². The van der Waals surface area contributed by atoms with Crippen LogP contribution in [0.3, 0.4) is 0 Å². The van der Waals surface area contributed by atoms with E-state index in [-0.39, 0.29) is 0 Å². The van der Waals surface area contributed by atoms with Crippen LogP contribution in [0, 0.1) is 0 Å². The first-order valence-electron chi connectivity index (χ1n) is 8.71. The maximum absolute atomic E-state index is 12.9. The molecule has 0 radical (unpaired) electrons. The number of rotatable bonds is 1. The fourth-order valence-corrected chi connectivity index (χ4v) is 2.45. The second-order valence-electron chi connectivity index (χ2n) is 8.17. The highest BCUT2D eigenvalue weighted by atomic mass is 16.6. The standard InChI is InChI=1S/C20H26N2O5/c1-19(2,3)26-17(24)21-15(14-10-8-7-9-11-14)12-13-16(23)22(21)18(25)27-20(4,5)6/h7-13,15H,1-6H3/t15-/m1/s1. The molecule has 27 heavy (non-hydrogen) atoms. The zero-order valence-corrected chi connectivity index (χ0v) is 16.6. The third-order valence-corrected chi connectivity index (χ3v) is 3.40. The zero-order valence-electron chi connectivity index (χ0n) is 16.6. The molecule has 146 valence electrons. The summed E-state index contributed by atoms with van der Waals surface area (Å²) in [5.74, 6) is -0.678. The predicted octanol–water partition coefficient (Wildman–Crippen LogP) is 4.21. The summed E-state index contributed by atoms with van der Waals surface area (Å²) in [6.45, 7) is 10.2. The van der Waals surface area contributed by atoms with Gasteiger partial charge in [-0.25, -0.2) is 9.59 Å². The SMILES string of the molecule is CC(C)(C)OC(=O)N1C(=O)C=C[C@H](c2ccccc2)N1C(=O)OC(C)(C)C. The van der Waals surface area contributed by atoms with Crippen LogP contribution in [-0.2, 0) is 14.3 Å². The summed E-state index contributed by atoms with van der Waals surface area (Å²) in [4.78, 5) is 38.0. The molecule has 3 amide bonds. The van der Waals surface area contributed by atoms with Gasteiger partial charge in [0, 0.05) is 6.08 Å². The van der Waals surface area contributed by atoms with Crippen molar-refractivity contribution >= 4 is 18.1 Å². The third-order valence-electron chi connectivity index (χ3n) is 3.40. The molecular formula is C20H26N2O5. The Balaban J connectivity index is 2.48. The quantitative estimate of drug-likeness (QED) is 0.736. The van der Waals surface area contributed by atoms with Gasteiger partial charge in [0.05, 0.1) is 0 Å². The average Bonchev–Trinajstić information content (AvgIpc) is 2.51. The van der Waals surface area contributed by atoms with E-state index in [0.29, 0.717) is 5.01 Å². The molecule has 0 saturated heterocycles. The highest BCUT2D eigenvalue weighted by molar-refractivity contribution is 6.00. The van der Waals surface area contributed by atoms with Crippen molar-refractivity contribution in [3.05, 3.63) is 48.0 Å². The minimum Gasteiger partial charge on any atom is -0.442 e. The Morgan fingerprint density at radius 3 is 1.93 bits per heavy atom. The van der Waals surface area contributed by atoms with Gasteiger partial charge in [0.25, 0.3) is 5.91 Å². The van der Waals surface area contributed by atoms with E-state index < -0.39 is 35.3 Å². The summed E-state index contributed by atoms with van der Waals surface area (Å²) >= 11 is 0. The van der Waals surface area contributed by atoms with E-state index in [0.717, 1.165) is 10.6 Å². The molecule has 1 aromatic rings. The Kier molecular flexibility index (Phi) is 5.63. The lowest BCUT2D eigenvalue weighted by Crippen LogP contribution is -2.57. The van der Waals surface area contributed by atoms with Crippen molar-refractivity contribution in [3.63, 3.8) is 0 Å². The van der Waals surface area contributed by atoms with Gasteiger partial charge in [-0.3, -0.25) is 4.79 Å². The summed E-state index contributed by atoms with van der Waals surface area (Å²) in [7, 11) is 0. The van der Waals surface area contributed by atoms with Crippen LogP contribution in [0.4, 0.5) is 9.59 Å². The topological polar surface area (TPSA) is 76.2 Å². The summed E-state index contributed by atoms with van der Waals surface area (Å²) < 4.78 is 10.8. The van der Waals surface area contributed by atoms with E-state index in [4.69, 9.17) is 9.47 Å². The van der Waals surface area contributed by atoms with Gasteiger partial charge in [0.1, 0.15) is 17.2 Å². The van der Waals surface area contributed by atoms with Crippen LogP contribution in [0.1, 0.15) is 53.1 Å². The molecule has 1 aliphatic rings. The summed E-state index contributed by atoms with van der Waals surface area (Å²) in [5, 5.41) is 1.69. The lowest BCUT2D eigenvalue weighted by Gasteiger charge is -2.40. The monoisotopic (exact) mass is 374 g/mol. The Bertz CT molecular complexity index is 744. The number of amides is 3. The van der Waals surface area contributed by atoms with E-state index in [1.54, 1.807) is 59.8 Å². The largest absolute Gasteiger partial charge is 0.442 e. The van der Waals surface area contributed by atoms with Crippen molar-refractivity contribution in [2.75, 3.05) is 0 Å². The van der Waals surface area contributed by atoms with E-state index in [2.05, 4.69) is 0 Å². The molecule has 1 aliphatic heterocycles. The van der Waals surface area contributed by atoms with Gasteiger partial charge >= 0.3 is 12.2 Å². The molecule has 1 heterocycles. The van der Waals surface area contributed by atoms with Crippen LogP contribution >= 0.6 is 0 Å². The van der Waals surface area contributed by atoms with Gasteiger partial charge < -0.3 is 9.47 Å². The first-order valence-corrected chi connectivity index (χ1v) is 8.71. The fourth-order valence-electron chi connectivity index (χ4n) is 2.45. The maximum atomic E-state index is 12.9. The molecule has 0 aliphatic carbocycles. The second kappa shape index (κ2) is 7.42. The van der Waals surface area contributed by atoms with E-state index in [1.165, 1.54) is 6.08 Å². The highest BCUT2D eigenvalue weighted by Crippen LogP contribution is 2.30. The molecule has 0 unspecified atom stereocenters. The number of nitrogens with zero attached hydrogens (tertiary/aromatic N) is 2. The molecule has 0 spiro atoms. The molecular weight excluding hydrogens is 348 g/mol. The van der Waals surface area contributed by atoms with Gasteiger partial charge in [0.2, 0.25) is 0 Å². The van der Waals surface area contributed by atoms with Gasteiger partial charge in [0.15, 0.2) is 0 Å². The molecule has 1 aromatic carbocycles. The van der Waals surface area contributed by atoms with E-state index >= 15 is 0 Å². The Hall–Kier alpha value is -2.83. The number of carbonyl (C=O) groups is 3. The van der Waals surface area contributed by atoms with E-state index in [1.807, 2.05) is 18.2 Å². The summed E-state index contributed by atoms with van der Waals surface area (Å²) in [6, 6.07) is 8.37. The predicted molar refractivity (Wildman–Crippen MR) is 99.5 cm³/mol. The normalized spacial score (nSPS) is 17.7. The number of hydrazine groups is 1. The fraction of sp³-hybridized carbons (Fsp3) is 0.450. The van der Waals surface area contributed by atoms with Crippen molar-refractivity contribution < 1.29 is 23.9 Å². The highest BCUT2D eigenvalue weighted by Gasteiger charge is 2.42. The van der Waals surface area contributed by atoms with Crippen LogP contribution in [0.5, 0.6) is 0 Å². The number of ether oxygens (including phenoxy) is 2. The van der Waals surface area contributed by atoms with Crippen LogP contribution in [-0.4, -0.2) is 39.3 Å². The molecule has 0 bridgehead atoms. The second-order valence-corrected chi connectivity index (χ2v) is 8.17. The molecule has 7 nitrogen and oxygen atoms in total. The number of hydrogen-bond donors (Lipinski definition) is 0. The molecule has 0 saturated carbocycles. The van der Waals surface area contributed by atoms with Crippen molar-refractivity contribution in [2.45, 2.75) is 58.8 Å². The molecule has 1 atom stereocenters. The first kappa shape index (κ1) is 20.5. The Labute approximate surface area is 159 Å². The number of hydrogen-bond acceptors (Lipinski definition) is 5. The average molecular weight is 374 g/mol. The van der Waals surface area contributed by atoms with Crippen LogP contribution in [0.2, 0.25) is 0 Å². The third kappa shape index (κ3) is 5.32. The smallest absolute Gasteiger partial charge is 0.437 e. The number of benzene rings is 1. The minimum atomic E-state index is -0.941. The number of imide groups is 1. The molecule has 7 heteroatoms. The minimum absolute atomic E-state index is 0.678. The van der Waals surface area contributed by atoms with Crippen LogP contribution < -0.4 is 0 Å². The maximum Gasteiger partial charge on any atom is 0.437 e. The summed E-state index contributed by atoms with van der Waals surface area (Å²) in [6.07, 6.45) is 1.05.